The molecule has 0 aliphatic heterocycles. The van der Waals surface area contributed by atoms with Crippen molar-refractivity contribution in [2.75, 3.05) is 14.1 Å². The van der Waals surface area contributed by atoms with Crippen LogP contribution >= 0.6 is 0 Å². The number of nitrogens with two attached hydrogens (primary N) is 1. The number of hydrogen-bond acceptors (Lipinski definition) is 7. The summed E-state index contributed by atoms with van der Waals surface area (Å²) < 4.78 is 6.66. The van der Waals surface area contributed by atoms with E-state index in [1.807, 2.05) is 24.3 Å². The summed E-state index contributed by atoms with van der Waals surface area (Å²) in [5.41, 5.74) is 7.84. The van der Waals surface area contributed by atoms with Gasteiger partial charge in [0, 0.05) is 26.2 Å². The maximum atomic E-state index is 11.7. The van der Waals surface area contributed by atoms with Gasteiger partial charge in [0.1, 0.15) is 6.54 Å². The van der Waals surface area contributed by atoms with E-state index in [9.17, 15) is 4.79 Å². The molecule has 9 heteroatoms. The third kappa shape index (κ3) is 3.30. The fourth-order valence-corrected chi connectivity index (χ4v) is 1.99. The number of carbonyl (C=O) groups excluding carboxylic acids is 1. The zero-order valence-electron chi connectivity index (χ0n) is 13.4. The second kappa shape index (κ2) is 6.59. The Morgan fingerprint density at radius 2 is 2.04 bits per heavy atom. The molecular weight excluding hydrogens is 310 g/mol. The lowest BCUT2D eigenvalue weighted by Gasteiger charge is -2.08. The Morgan fingerprint density at radius 3 is 2.71 bits per heavy atom. The van der Waals surface area contributed by atoms with Crippen LogP contribution in [0.4, 0.5) is 0 Å². The smallest absolute Gasteiger partial charge is 0.280 e. The van der Waals surface area contributed by atoms with E-state index in [-0.39, 0.29) is 18.3 Å². The van der Waals surface area contributed by atoms with Crippen molar-refractivity contribution in [1.82, 2.24) is 30.0 Å². The Labute approximate surface area is 138 Å². The summed E-state index contributed by atoms with van der Waals surface area (Å²) in [6.45, 7) is 0.577. The molecule has 0 bridgehead atoms. The van der Waals surface area contributed by atoms with Crippen LogP contribution in [0.15, 0.2) is 35.0 Å². The topological polar surface area (TPSA) is 116 Å². The van der Waals surface area contributed by atoms with Gasteiger partial charge in [0.15, 0.2) is 5.69 Å². The normalized spacial score (nSPS) is 10.8. The van der Waals surface area contributed by atoms with Gasteiger partial charge in [-0.25, -0.2) is 4.68 Å². The van der Waals surface area contributed by atoms with Crippen molar-refractivity contribution in [2.45, 2.75) is 13.1 Å². The van der Waals surface area contributed by atoms with Crippen LogP contribution in [0.3, 0.4) is 0 Å². The van der Waals surface area contributed by atoms with Crippen LogP contribution in [0.1, 0.15) is 5.56 Å². The molecule has 2 N–H and O–H groups in total. The molecule has 0 atom stereocenters. The molecule has 9 nitrogen and oxygen atoms in total. The number of amides is 1. The maximum absolute atomic E-state index is 11.7. The van der Waals surface area contributed by atoms with Gasteiger partial charge >= 0.3 is 0 Å². The van der Waals surface area contributed by atoms with E-state index in [4.69, 9.17) is 10.3 Å². The fourth-order valence-electron chi connectivity index (χ4n) is 1.99. The summed E-state index contributed by atoms with van der Waals surface area (Å²) in [5.74, 6) is 0.613. The molecule has 0 saturated carbocycles. The van der Waals surface area contributed by atoms with E-state index in [0.717, 1.165) is 11.1 Å². The first-order chi connectivity index (χ1) is 11.6. The minimum Gasteiger partial charge on any atom is -0.347 e. The van der Waals surface area contributed by atoms with E-state index < -0.39 is 0 Å². The quantitative estimate of drug-likeness (QED) is 0.727. The van der Waals surface area contributed by atoms with Crippen LogP contribution < -0.4 is 5.73 Å². The average molecular weight is 327 g/mol. The molecule has 2 heterocycles. The first-order valence-electron chi connectivity index (χ1n) is 7.30. The molecule has 0 radical (unpaired) electrons. The zero-order valence-corrected chi connectivity index (χ0v) is 13.4. The first-order valence-corrected chi connectivity index (χ1v) is 7.30. The van der Waals surface area contributed by atoms with Crippen LogP contribution in [0.25, 0.3) is 23.0 Å². The van der Waals surface area contributed by atoms with Crippen molar-refractivity contribution in [3.8, 4) is 23.0 Å². The third-order valence-electron chi connectivity index (χ3n) is 3.43. The molecule has 124 valence electrons. The molecule has 2 aromatic heterocycles. The van der Waals surface area contributed by atoms with Gasteiger partial charge in [-0.15, -0.1) is 5.10 Å². The summed E-state index contributed by atoms with van der Waals surface area (Å²) in [7, 11) is 3.36. The summed E-state index contributed by atoms with van der Waals surface area (Å²) in [6.07, 6.45) is 1.59. The maximum Gasteiger partial charge on any atom is 0.280 e. The van der Waals surface area contributed by atoms with Crippen molar-refractivity contribution in [3.05, 3.63) is 36.0 Å². The monoisotopic (exact) mass is 327 g/mol. The van der Waals surface area contributed by atoms with Crippen LogP contribution in [-0.2, 0) is 17.9 Å². The van der Waals surface area contributed by atoms with E-state index in [0.29, 0.717) is 18.1 Å². The van der Waals surface area contributed by atoms with E-state index in [2.05, 4.69) is 20.5 Å². The van der Waals surface area contributed by atoms with E-state index in [1.165, 1.54) is 9.58 Å². The number of carbonyl (C=O) groups is 1. The third-order valence-corrected chi connectivity index (χ3v) is 3.43. The SMILES string of the molecule is CN(C)C(=O)Cn1cc(-c2nc(-c3ccc(CN)cc3)no2)nn1. The Hall–Kier alpha value is -3.07. The Morgan fingerprint density at radius 1 is 1.29 bits per heavy atom. The van der Waals surface area contributed by atoms with Gasteiger partial charge in [-0.1, -0.05) is 34.6 Å². The predicted molar refractivity (Wildman–Crippen MR) is 85.3 cm³/mol. The molecule has 0 aliphatic rings. The predicted octanol–water partition coefficient (Wildman–Crippen LogP) is 0.542. The van der Waals surface area contributed by atoms with Crippen molar-refractivity contribution >= 4 is 5.91 Å². The number of aromatic nitrogens is 5. The minimum atomic E-state index is -0.0855. The van der Waals surface area contributed by atoms with Gasteiger partial charge in [-0.3, -0.25) is 4.79 Å². The molecule has 0 spiro atoms. The molecule has 0 unspecified atom stereocenters. The molecule has 0 fully saturated rings. The molecule has 3 aromatic rings. The van der Waals surface area contributed by atoms with Crippen LogP contribution in [-0.4, -0.2) is 50.0 Å². The molecule has 1 aromatic carbocycles. The number of rotatable bonds is 5. The molecule has 1 amide bonds. The lowest BCUT2D eigenvalue weighted by atomic mass is 10.1. The number of hydrogen-bond donors (Lipinski definition) is 1. The van der Waals surface area contributed by atoms with Gasteiger partial charge in [0.25, 0.3) is 5.89 Å². The molecular formula is C15H17N7O2. The summed E-state index contributed by atoms with van der Waals surface area (Å²) >= 11 is 0. The van der Waals surface area contributed by atoms with E-state index >= 15 is 0 Å². The number of benzene rings is 1. The summed E-state index contributed by atoms with van der Waals surface area (Å²) in [4.78, 5) is 17.5. The standard InChI is InChI=1S/C15H17N7O2/c1-21(2)13(23)9-22-8-12(18-20-22)15-17-14(19-24-15)11-5-3-10(7-16)4-6-11/h3-6,8H,7,9,16H2,1-2H3. The Bertz CT molecular complexity index is 836. The Balaban J connectivity index is 1.78. The largest absolute Gasteiger partial charge is 0.347 e. The van der Waals surface area contributed by atoms with Crippen molar-refractivity contribution in [2.24, 2.45) is 5.73 Å². The number of likely N-dealkylation sites (N-methyl/N-ethyl adjacent to an activating group) is 1. The summed E-state index contributed by atoms with van der Waals surface area (Å²) in [6, 6.07) is 7.58. The van der Waals surface area contributed by atoms with Crippen LogP contribution in [0, 0.1) is 0 Å². The highest BCUT2D eigenvalue weighted by molar-refractivity contribution is 5.75. The molecule has 0 aliphatic carbocycles. The van der Waals surface area contributed by atoms with Gasteiger partial charge in [-0.05, 0) is 5.56 Å². The highest BCUT2D eigenvalue weighted by Crippen LogP contribution is 2.20. The lowest BCUT2D eigenvalue weighted by molar-refractivity contribution is -0.129. The van der Waals surface area contributed by atoms with Gasteiger partial charge in [0.05, 0.1) is 6.20 Å². The lowest BCUT2D eigenvalue weighted by Crippen LogP contribution is -2.26. The second-order valence-corrected chi connectivity index (χ2v) is 5.41. The fraction of sp³-hybridized carbons (Fsp3) is 0.267. The van der Waals surface area contributed by atoms with Gasteiger partial charge in [-0.2, -0.15) is 4.98 Å². The van der Waals surface area contributed by atoms with Gasteiger partial charge in [0.2, 0.25) is 11.7 Å². The first kappa shape index (κ1) is 15.8. The highest BCUT2D eigenvalue weighted by Gasteiger charge is 2.15. The van der Waals surface area contributed by atoms with Crippen molar-refractivity contribution < 1.29 is 9.32 Å². The number of nitrogens with zero attached hydrogens (tertiary/aromatic N) is 6. The summed E-state index contributed by atoms with van der Waals surface area (Å²) in [5, 5.41) is 11.8. The molecule has 24 heavy (non-hydrogen) atoms. The van der Waals surface area contributed by atoms with Crippen LogP contribution in [0.2, 0.25) is 0 Å². The Kier molecular flexibility index (Phi) is 4.34. The van der Waals surface area contributed by atoms with Crippen LogP contribution in [0.5, 0.6) is 0 Å². The average Bonchev–Trinajstić information content (AvgIpc) is 3.24. The molecule has 0 saturated heterocycles. The van der Waals surface area contributed by atoms with Crippen molar-refractivity contribution in [1.29, 1.82) is 0 Å². The van der Waals surface area contributed by atoms with E-state index in [1.54, 1.807) is 20.3 Å². The second-order valence-electron chi connectivity index (χ2n) is 5.41. The minimum absolute atomic E-state index is 0.0855. The van der Waals surface area contributed by atoms with Crippen molar-refractivity contribution in [3.63, 3.8) is 0 Å². The highest BCUT2D eigenvalue weighted by atomic mass is 16.5. The molecule has 3 rings (SSSR count). The zero-order chi connectivity index (χ0) is 17.1. The van der Waals surface area contributed by atoms with Gasteiger partial charge < -0.3 is 15.2 Å².